The van der Waals surface area contributed by atoms with Gasteiger partial charge in [-0.05, 0) is 45.6 Å². The third-order valence-electron chi connectivity index (χ3n) is 4.28. The molecular weight excluding hydrogens is 216 g/mol. The molecule has 98 valence electrons. The predicted molar refractivity (Wildman–Crippen MR) is 66.8 cm³/mol. The molecule has 1 saturated carbocycles. The van der Waals surface area contributed by atoms with Gasteiger partial charge in [0.2, 0.25) is 5.91 Å². The van der Waals surface area contributed by atoms with Crippen LogP contribution < -0.4 is 10.6 Å². The van der Waals surface area contributed by atoms with Crippen LogP contribution in [0.3, 0.4) is 0 Å². The number of piperidine rings is 1. The second-order valence-electron chi connectivity index (χ2n) is 5.53. The molecular formula is C13H24N2O2. The molecule has 4 nitrogen and oxygen atoms in total. The fraction of sp³-hybridized carbons (Fsp3) is 0.923. The summed E-state index contributed by atoms with van der Waals surface area (Å²) in [7, 11) is 1.75. The summed E-state index contributed by atoms with van der Waals surface area (Å²) in [6.07, 6.45) is 5.27. The number of amides is 1. The van der Waals surface area contributed by atoms with Crippen LogP contribution in [0.15, 0.2) is 0 Å². The number of methoxy groups -OCH3 is 1. The highest BCUT2D eigenvalue weighted by atomic mass is 16.5. The van der Waals surface area contributed by atoms with Gasteiger partial charge in [-0.1, -0.05) is 0 Å². The van der Waals surface area contributed by atoms with Crippen molar-refractivity contribution in [1.82, 2.24) is 10.6 Å². The first-order valence-electron chi connectivity index (χ1n) is 6.71. The van der Waals surface area contributed by atoms with Crippen molar-refractivity contribution in [2.45, 2.75) is 50.7 Å². The Morgan fingerprint density at radius 3 is 2.82 bits per heavy atom. The quantitative estimate of drug-likeness (QED) is 0.772. The van der Waals surface area contributed by atoms with Gasteiger partial charge in [0.25, 0.3) is 0 Å². The Morgan fingerprint density at radius 1 is 1.53 bits per heavy atom. The van der Waals surface area contributed by atoms with Crippen molar-refractivity contribution in [3.05, 3.63) is 0 Å². The average molecular weight is 240 g/mol. The van der Waals surface area contributed by atoms with Crippen LogP contribution in [0.4, 0.5) is 0 Å². The molecule has 17 heavy (non-hydrogen) atoms. The predicted octanol–water partition coefficient (Wildman–Crippen LogP) is 1.06. The summed E-state index contributed by atoms with van der Waals surface area (Å²) < 4.78 is 5.51. The first kappa shape index (κ1) is 12.8. The highest BCUT2D eigenvalue weighted by Crippen LogP contribution is 2.34. The van der Waals surface area contributed by atoms with Crippen molar-refractivity contribution in [1.29, 1.82) is 0 Å². The summed E-state index contributed by atoms with van der Waals surface area (Å²) in [6, 6.07) is 0.458. The van der Waals surface area contributed by atoms with Gasteiger partial charge in [0.1, 0.15) is 0 Å². The molecule has 0 aromatic carbocycles. The molecule has 0 aromatic heterocycles. The number of carbonyl (C=O) groups excluding carboxylic acids is 1. The molecule has 2 unspecified atom stereocenters. The zero-order valence-corrected chi connectivity index (χ0v) is 10.9. The first-order chi connectivity index (χ1) is 8.15. The molecule has 1 saturated heterocycles. The smallest absolute Gasteiger partial charge is 0.223 e. The Balaban J connectivity index is 1.76. The van der Waals surface area contributed by atoms with Crippen molar-refractivity contribution >= 4 is 5.91 Å². The highest BCUT2D eigenvalue weighted by Gasteiger charge is 2.37. The summed E-state index contributed by atoms with van der Waals surface area (Å²) in [4.78, 5) is 12.1. The average Bonchev–Trinajstić information content (AvgIpc) is 2.28. The van der Waals surface area contributed by atoms with E-state index in [2.05, 4.69) is 17.6 Å². The topological polar surface area (TPSA) is 50.4 Å². The fourth-order valence-corrected chi connectivity index (χ4v) is 2.79. The molecule has 1 heterocycles. The van der Waals surface area contributed by atoms with Crippen molar-refractivity contribution < 1.29 is 9.53 Å². The second kappa shape index (κ2) is 5.36. The minimum absolute atomic E-state index is 0.0613. The maximum absolute atomic E-state index is 12.1. The molecule has 2 rings (SSSR count). The van der Waals surface area contributed by atoms with Gasteiger partial charge in [0.15, 0.2) is 0 Å². The second-order valence-corrected chi connectivity index (χ2v) is 5.53. The molecule has 2 N–H and O–H groups in total. The Hall–Kier alpha value is -0.610. The maximum atomic E-state index is 12.1. The van der Waals surface area contributed by atoms with Gasteiger partial charge in [0, 0.05) is 25.6 Å². The van der Waals surface area contributed by atoms with Gasteiger partial charge in [-0.25, -0.2) is 0 Å². The minimum atomic E-state index is -0.0613. The van der Waals surface area contributed by atoms with Crippen molar-refractivity contribution in [2.24, 2.45) is 5.92 Å². The van der Waals surface area contributed by atoms with Gasteiger partial charge in [0.05, 0.1) is 5.60 Å². The summed E-state index contributed by atoms with van der Waals surface area (Å²) in [5.41, 5.74) is -0.0613. The van der Waals surface area contributed by atoms with Crippen LogP contribution in [0.1, 0.15) is 39.0 Å². The Morgan fingerprint density at radius 2 is 2.29 bits per heavy atom. The van der Waals surface area contributed by atoms with Crippen LogP contribution in [0.2, 0.25) is 0 Å². The molecule has 0 spiro atoms. The lowest BCUT2D eigenvalue weighted by atomic mass is 9.79. The molecule has 1 aliphatic carbocycles. The van der Waals surface area contributed by atoms with Gasteiger partial charge in [-0.15, -0.1) is 0 Å². The van der Waals surface area contributed by atoms with Crippen LogP contribution in [-0.2, 0) is 9.53 Å². The largest absolute Gasteiger partial charge is 0.376 e. The molecule has 1 amide bonds. The van der Waals surface area contributed by atoms with E-state index in [9.17, 15) is 4.79 Å². The lowest BCUT2D eigenvalue weighted by Gasteiger charge is -2.41. The lowest BCUT2D eigenvalue weighted by Crippen LogP contribution is -2.51. The summed E-state index contributed by atoms with van der Waals surface area (Å²) in [5.74, 6) is 0.391. The SMILES string of the molecule is COC1(CNC(=O)C2CCNC(C)C2)CCC1. The number of hydrogen-bond donors (Lipinski definition) is 2. The van der Waals surface area contributed by atoms with E-state index in [1.165, 1.54) is 6.42 Å². The van der Waals surface area contributed by atoms with Crippen LogP contribution in [-0.4, -0.2) is 37.7 Å². The number of hydrogen-bond acceptors (Lipinski definition) is 3. The zero-order chi connectivity index (χ0) is 12.3. The van der Waals surface area contributed by atoms with Crippen LogP contribution >= 0.6 is 0 Å². The Labute approximate surface area is 103 Å². The minimum Gasteiger partial charge on any atom is -0.376 e. The normalized spacial score (nSPS) is 31.6. The van der Waals surface area contributed by atoms with Crippen molar-refractivity contribution in [3.63, 3.8) is 0 Å². The summed E-state index contributed by atoms with van der Waals surface area (Å²) in [6.45, 7) is 3.78. The molecule has 0 bridgehead atoms. The van der Waals surface area contributed by atoms with E-state index in [4.69, 9.17) is 4.74 Å². The van der Waals surface area contributed by atoms with Gasteiger partial charge in [-0.2, -0.15) is 0 Å². The number of carbonyl (C=O) groups is 1. The monoisotopic (exact) mass is 240 g/mol. The Kier molecular flexibility index (Phi) is 4.05. The molecule has 2 atom stereocenters. The summed E-state index contributed by atoms with van der Waals surface area (Å²) in [5, 5.41) is 6.44. The molecule has 2 fully saturated rings. The molecule has 4 heteroatoms. The number of ether oxygens (including phenoxy) is 1. The molecule has 0 radical (unpaired) electrons. The van der Waals surface area contributed by atoms with E-state index in [0.717, 1.165) is 32.2 Å². The van der Waals surface area contributed by atoms with Gasteiger partial charge < -0.3 is 15.4 Å². The van der Waals surface area contributed by atoms with Crippen LogP contribution in [0.25, 0.3) is 0 Å². The third-order valence-corrected chi connectivity index (χ3v) is 4.28. The number of rotatable bonds is 4. The van der Waals surface area contributed by atoms with Crippen molar-refractivity contribution in [2.75, 3.05) is 20.2 Å². The van der Waals surface area contributed by atoms with Crippen LogP contribution in [0, 0.1) is 5.92 Å². The fourth-order valence-electron chi connectivity index (χ4n) is 2.79. The van der Waals surface area contributed by atoms with E-state index in [1.54, 1.807) is 7.11 Å². The lowest BCUT2D eigenvalue weighted by molar-refractivity contribution is -0.129. The van der Waals surface area contributed by atoms with Crippen LogP contribution in [0.5, 0.6) is 0 Å². The first-order valence-corrected chi connectivity index (χ1v) is 6.71. The van der Waals surface area contributed by atoms with Gasteiger partial charge >= 0.3 is 0 Å². The summed E-state index contributed by atoms with van der Waals surface area (Å²) >= 11 is 0. The van der Waals surface area contributed by atoms with E-state index in [-0.39, 0.29) is 17.4 Å². The maximum Gasteiger partial charge on any atom is 0.223 e. The molecule has 2 aliphatic rings. The molecule has 1 aliphatic heterocycles. The van der Waals surface area contributed by atoms with E-state index < -0.39 is 0 Å². The third kappa shape index (κ3) is 2.99. The number of nitrogens with one attached hydrogen (secondary N) is 2. The van der Waals surface area contributed by atoms with Crippen molar-refractivity contribution in [3.8, 4) is 0 Å². The Bertz CT molecular complexity index is 271. The van der Waals surface area contributed by atoms with Gasteiger partial charge in [-0.3, -0.25) is 4.79 Å². The standard InChI is InChI=1S/C13H24N2O2/c1-10-8-11(4-7-14-10)12(16)15-9-13(17-2)5-3-6-13/h10-11,14H,3-9H2,1-2H3,(H,15,16). The zero-order valence-electron chi connectivity index (χ0n) is 10.9. The van der Waals surface area contributed by atoms with E-state index >= 15 is 0 Å². The van der Waals surface area contributed by atoms with E-state index in [0.29, 0.717) is 12.6 Å². The van der Waals surface area contributed by atoms with E-state index in [1.807, 2.05) is 0 Å². The molecule has 0 aromatic rings. The highest BCUT2D eigenvalue weighted by molar-refractivity contribution is 5.78.